The number of hydrogen-bond donors (Lipinski definition) is 0. The maximum absolute atomic E-state index is 11.3. The number of hydrogen-bond acceptors (Lipinski definition) is 1. The van der Waals surface area contributed by atoms with Crippen LogP contribution in [0.4, 0.5) is 0 Å². The molecule has 12 heavy (non-hydrogen) atoms. The Morgan fingerprint density at radius 3 is 2.92 bits per heavy atom. The molecule has 0 bridgehead atoms. The van der Waals surface area contributed by atoms with Crippen LogP contribution in [0.15, 0.2) is 29.1 Å². The summed E-state index contributed by atoms with van der Waals surface area (Å²) in [5.41, 5.74) is 0.984. The Morgan fingerprint density at radius 1 is 1.42 bits per heavy atom. The number of fused-ring (bicyclic) bond motifs is 1. The molecule has 0 N–H and O–H groups in total. The average molecular weight is 247 g/mol. The predicted molar refractivity (Wildman–Crippen MR) is 51.0 cm³/mol. The van der Waals surface area contributed by atoms with Crippen LogP contribution in [-0.4, -0.2) is 19.1 Å². The third-order valence-electron chi connectivity index (χ3n) is 1.69. The molecule has 1 aromatic heterocycles. The number of halogens is 1. The van der Waals surface area contributed by atoms with Crippen molar-refractivity contribution in [2.75, 3.05) is 0 Å². The van der Waals surface area contributed by atoms with E-state index in [0.29, 0.717) is 0 Å². The van der Waals surface area contributed by atoms with E-state index in [2.05, 4.69) is 0 Å². The van der Waals surface area contributed by atoms with E-state index in [-0.39, 0.29) is 24.9 Å². The Labute approximate surface area is 80.1 Å². The average Bonchev–Trinajstić information content (AvgIpc) is 2.40. The number of benzene rings is 1. The first kappa shape index (κ1) is 8.11. The van der Waals surface area contributed by atoms with Crippen molar-refractivity contribution in [2.45, 2.75) is 6.00 Å². The van der Waals surface area contributed by atoms with Gasteiger partial charge in [0.1, 0.15) is 0 Å². The van der Waals surface area contributed by atoms with Crippen molar-refractivity contribution in [1.29, 1.82) is 0 Å². The Hall–Kier alpha value is -0.501. The quantitative estimate of drug-likeness (QED) is 0.548. The summed E-state index contributed by atoms with van der Waals surface area (Å²) in [6.07, 6.45) is 0. The molecular formula is C8H6ClNOSe. The molecule has 0 amide bonds. The molecule has 0 fully saturated rings. The normalized spacial score (nSPS) is 10.8. The van der Waals surface area contributed by atoms with Crippen molar-refractivity contribution in [1.82, 2.24) is 4.57 Å². The van der Waals surface area contributed by atoms with Gasteiger partial charge in [0.15, 0.2) is 0 Å². The summed E-state index contributed by atoms with van der Waals surface area (Å²) in [7, 11) is 0. The van der Waals surface area contributed by atoms with Crippen molar-refractivity contribution in [3.05, 3.63) is 33.5 Å². The van der Waals surface area contributed by atoms with E-state index >= 15 is 0 Å². The van der Waals surface area contributed by atoms with Gasteiger partial charge in [-0.25, -0.2) is 0 Å². The first-order valence-electron chi connectivity index (χ1n) is 3.47. The number of alkyl halides is 1. The van der Waals surface area contributed by atoms with Gasteiger partial charge in [0, 0.05) is 0 Å². The molecule has 2 aromatic rings. The molecular weight excluding hydrogens is 241 g/mol. The van der Waals surface area contributed by atoms with E-state index < -0.39 is 0 Å². The molecule has 1 heterocycles. The molecule has 2 nitrogen and oxygen atoms in total. The van der Waals surface area contributed by atoms with E-state index in [4.69, 9.17) is 11.6 Å². The third kappa shape index (κ3) is 1.14. The van der Waals surface area contributed by atoms with Gasteiger partial charge in [-0.1, -0.05) is 0 Å². The summed E-state index contributed by atoms with van der Waals surface area (Å²) in [6.45, 7) is 0. The molecule has 62 valence electrons. The number of para-hydroxylation sites is 1. The minimum absolute atomic E-state index is 0.0640. The van der Waals surface area contributed by atoms with E-state index in [0.717, 1.165) is 9.78 Å². The molecule has 1 aromatic carbocycles. The summed E-state index contributed by atoms with van der Waals surface area (Å²) >= 11 is 5.58. The Kier molecular flexibility index (Phi) is 2.09. The zero-order chi connectivity index (χ0) is 8.55. The number of aromatic nitrogens is 1. The van der Waals surface area contributed by atoms with Crippen LogP contribution in [0.1, 0.15) is 0 Å². The van der Waals surface area contributed by atoms with Crippen molar-refractivity contribution in [3.8, 4) is 0 Å². The zero-order valence-corrected chi connectivity index (χ0v) is 8.63. The Balaban J connectivity index is 2.91. The van der Waals surface area contributed by atoms with Crippen LogP contribution in [0.3, 0.4) is 0 Å². The van der Waals surface area contributed by atoms with Crippen LogP contribution in [0.25, 0.3) is 9.78 Å². The van der Waals surface area contributed by atoms with Gasteiger partial charge in [0.05, 0.1) is 0 Å². The van der Waals surface area contributed by atoms with E-state index in [9.17, 15) is 4.79 Å². The van der Waals surface area contributed by atoms with Crippen LogP contribution >= 0.6 is 11.6 Å². The van der Waals surface area contributed by atoms with Crippen molar-refractivity contribution >= 4 is 35.9 Å². The van der Waals surface area contributed by atoms with Gasteiger partial charge in [-0.05, 0) is 0 Å². The van der Waals surface area contributed by atoms with Gasteiger partial charge >= 0.3 is 79.9 Å². The van der Waals surface area contributed by atoms with Gasteiger partial charge in [-0.2, -0.15) is 0 Å². The fourth-order valence-corrected chi connectivity index (χ4v) is 3.39. The standard InChI is InChI=1S/C8H6ClNOSe/c9-5-10-6-3-1-2-4-7(6)12-8(10)11/h1-4H,5H2. The van der Waals surface area contributed by atoms with Crippen LogP contribution in [0.2, 0.25) is 0 Å². The van der Waals surface area contributed by atoms with Gasteiger partial charge in [0.25, 0.3) is 0 Å². The molecule has 0 aliphatic carbocycles. The second kappa shape index (κ2) is 3.09. The van der Waals surface area contributed by atoms with E-state index in [1.807, 2.05) is 24.3 Å². The molecule has 0 unspecified atom stereocenters. The second-order valence-corrected chi connectivity index (χ2v) is 4.71. The summed E-state index contributed by atoms with van der Waals surface area (Å²) in [6, 6.07) is 8.06. The van der Waals surface area contributed by atoms with Gasteiger partial charge in [-0.3, -0.25) is 0 Å². The summed E-state index contributed by atoms with van der Waals surface area (Å²) < 4.78 is 2.91. The fourth-order valence-electron chi connectivity index (χ4n) is 1.13. The van der Waals surface area contributed by atoms with Crippen LogP contribution in [0, 0.1) is 0 Å². The van der Waals surface area contributed by atoms with Crippen LogP contribution < -0.4 is 4.43 Å². The fraction of sp³-hybridized carbons (Fsp3) is 0.125. The predicted octanol–water partition coefficient (Wildman–Crippen LogP) is 1.25. The molecule has 0 saturated carbocycles. The van der Waals surface area contributed by atoms with Gasteiger partial charge in [-0.15, -0.1) is 0 Å². The Morgan fingerprint density at radius 2 is 2.17 bits per heavy atom. The topological polar surface area (TPSA) is 22.0 Å². The second-order valence-electron chi connectivity index (χ2n) is 2.38. The molecule has 4 heteroatoms. The van der Waals surface area contributed by atoms with Crippen molar-refractivity contribution in [3.63, 3.8) is 0 Å². The maximum atomic E-state index is 11.3. The van der Waals surface area contributed by atoms with E-state index in [1.165, 1.54) is 0 Å². The zero-order valence-electron chi connectivity index (χ0n) is 6.16. The number of rotatable bonds is 1. The summed E-state index contributed by atoms with van der Waals surface area (Å²) in [5, 5.41) is 0. The van der Waals surface area contributed by atoms with E-state index in [1.54, 1.807) is 4.57 Å². The van der Waals surface area contributed by atoms with Crippen molar-refractivity contribution < 1.29 is 0 Å². The van der Waals surface area contributed by atoms with Gasteiger partial charge in [0.2, 0.25) is 0 Å². The molecule has 0 aliphatic heterocycles. The molecule has 0 radical (unpaired) electrons. The van der Waals surface area contributed by atoms with Gasteiger partial charge < -0.3 is 0 Å². The summed E-state index contributed by atoms with van der Waals surface area (Å²) in [4.78, 5) is 11.3. The molecule has 0 aliphatic rings. The first-order chi connectivity index (χ1) is 5.83. The molecule has 0 atom stereocenters. The first-order valence-corrected chi connectivity index (χ1v) is 5.72. The SMILES string of the molecule is O=c1[se]c2ccccc2n1CCl. The third-order valence-corrected chi connectivity index (χ3v) is 3.95. The summed E-state index contributed by atoms with van der Waals surface area (Å²) in [5.74, 6) is 0. The molecule has 0 saturated heterocycles. The van der Waals surface area contributed by atoms with Crippen molar-refractivity contribution in [2.24, 2.45) is 0 Å². The number of nitrogens with zero attached hydrogens (tertiary/aromatic N) is 1. The monoisotopic (exact) mass is 247 g/mol. The van der Waals surface area contributed by atoms with Crippen LogP contribution in [0.5, 0.6) is 0 Å². The molecule has 2 rings (SSSR count). The minimum atomic E-state index is -0.0640. The Bertz CT molecular complexity index is 459. The molecule has 0 spiro atoms. The van der Waals surface area contributed by atoms with Crippen LogP contribution in [-0.2, 0) is 6.00 Å².